The fourth-order valence-corrected chi connectivity index (χ4v) is 2.22. The average molecular weight is 313 g/mol. The van der Waals surface area contributed by atoms with E-state index in [0.29, 0.717) is 5.16 Å². The predicted octanol–water partition coefficient (Wildman–Crippen LogP) is 3.53. The molecule has 21 heavy (non-hydrogen) atoms. The topological polar surface area (TPSA) is 93.0 Å². The van der Waals surface area contributed by atoms with Crippen LogP contribution in [0.2, 0.25) is 0 Å². The van der Waals surface area contributed by atoms with E-state index in [1.165, 1.54) is 11.8 Å². The first-order valence-corrected chi connectivity index (χ1v) is 8.28. The van der Waals surface area contributed by atoms with E-state index in [1.807, 2.05) is 34.0 Å². The Morgan fingerprint density at radius 1 is 1.19 bits per heavy atom. The highest BCUT2D eigenvalue weighted by molar-refractivity contribution is 7.98. The largest absolute Gasteiger partial charge is 0.362 e. The summed E-state index contributed by atoms with van der Waals surface area (Å²) in [5.41, 5.74) is -0.0894. The molecule has 8 heteroatoms. The second-order valence-corrected chi connectivity index (χ2v) is 5.74. The van der Waals surface area contributed by atoms with E-state index in [2.05, 4.69) is 20.6 Å². The van der Waals surface area contributed by atoms with Gasteiger partial charge in [0.15, 0.2) is 5.16 Å². The van der Waals surface area contributed by atoms with Gasteiger partial charge in [-0.1, -0.05) is 25.6 Å². The maximum atomic E-state index is 11.4. The van der Waals surface area contributed by atoms with Crippen LogP contribution in [0.4, 0.5) is 17.3 Å². The van der Waals surface area contributed by atoms with Gasteiger partial charge in [0.25, 0.3) is 0 Å². The lowest BCUT2D eigenvalue weighted by molar-refractivity contribution is -0.383. The van der Waals surface area contributed by atoms with Crippen LogP contribution in [0.3, 0.4) is 0 Å². The van der Waals surface area contributed by atoms with E-state index >= 15 is 0 Å². The van der Waals surface area contributed by atoms with Crippen molar-refractivity contribution in [1.29, 1.82) is 0 Å². The molecule has 0 saturated carbocycles. The van der Waals surface area contributed by atoms with Crippen LogP contribution in [0.25, 0.3) is 0 Å². The molecule has 0 unspecified atom stereocenters. The Labute approximate surface area is 129 Å². The standard InChI is InChI=1S/C13H23N5O2S/c1-6-9(7-2)15-12-10(18(19)20)11(14-8(3)4)16-13(17-12)21-5/h8-9H,6-7H2,1-5H3,(H2,14,15,16,17). The van der Waals surface area contributed by atoms with Crippen molar-refractivity contribution in [1.82, 2.24) is 9.97 Å². The molecule has 0 radical (unpaired) electrons. The molecular formula is C13H23N5O2S. The minimum atomic E-state index is -0.431. The van der Waals surface area contributed by atoms with Crippen LogP contribution in [0, 0.1) is 10.1 Å². The first-order chi connectivity index (χ1) is 9.92. The Morgan fingerprint density at radius 3 is 2.10 bits per heavy atom. The smallest absolute Gasteiger partial charge is 0.353 e. The third-order valence-electron chi connectivity index (χ3n) is 2.98. The third-order valence-corrected chi connectivity index (χ3v) is 3.53. The van der Waals surface area contributed by atoms with Crippen LogP contribution in [-0.4, -0.2) is 33.2 Å². The molecule has 118 valence electrons. The first-order valence-electron chi connectivity index (χ1n) is 7.06. The molecule has 0 aromatic carbocycles. The van der Waals surface area contributed by atoms with E-state index in [1.54, 1.807) is 0 Å². The highest BCUT2D eigenvalue weighted by Gasteiger charge is 2.26. The summed E-state index contributed by atoms with van der Waals surface area (Å²) >= 11 is 1.36. The molecule has 0 aliphatic carbocycles. The Hall–Kier alpha value is -1.57. The zero-order chi connectivity index (χ0) is 16.0. The highest BCUT2D eigenvalue weighted by Crippen LogP contribution is 2.33. The van der Waals surface area contributed by atoms with Gasteiger partial charge in [0.2, 0.25) is 11.6 Å². The molecule has 0 fully saturated rings. The summed E-state index contributed by atoms with van der Waals surface area (Å²) in [4.78, 5) is 19.5. The number of aromatic nitrogens is 2. The minimum Gasteiger partial charge on any atom is -0.362 e. The molecule has 1 rings (SSSR count). The van der Waals surface area contributed by atoms with Crippen molar-refractivity contribution >= 4 is 29.1 Å². The van der Waals surface area contributed by atoms with Crippen molar-refractivity contribution in [3.63, 3.8) is 0 Å². The Balaban J connectivity index is 3.33. The number of anilines is 2. The van der Waals surface area contributed by atoms with E-state index < -0.39 is 4.92 Å². The van der Waals surface area contributed by atoms with E-state index in [9.17, 15) is 10.1 Å². The third kappa shape index (κ3) is 4.73. The van der Waals surface area contributed by atoms with Crippen LogP contribution in [0.5, 0.6) is 0 Å². The SMILES string of the molecule is CCC(CC)Nc1nc(SC)nc(NC(C)C)c1[N+](=O)[O-]. The lowest BCUT2D eigenvalue weighted by Gasteiger charge is -2.17. The van der Waals surface area contributed by atoms with Crippen molar-refractivity contribution in [2.45, 2.75) is 57.8 Å². The number of nitrogens with one attached hydrogen (secondary N) is 2. The van der Waals surface area contributed by atoms with Gasteiger partial charge in [-0.15, -0.1) is 0 Å². The lowest BCUT2D eigenvalue weighted by atomic mass is 10.2. The number of rotatable bonds is 8. The van der Waals surface area contributed by atoms with Gasteiger partial charge in [0.05, 0.1) is 4.92 Å². The zero-order valence-corrected chi connectivity index (χ0v) is 14.0. The predicted molar refractivity (Wildman–Crippen MR) is 87.2 cm³/mol. The van der Waals surface area contributed by atoms with E-state index in [4.69, 9.17) is 0 Å². The minimum absolute atomic E-state index is 0.0503. The highest BCUT2D eigenvalue weighted by atomic mass is 32.2. The molecular weight excluding hydrogens is 290 g/mol. The molecule has 1 aromatic rings. The Kier molecular flexibility index (Phi) is 6.67. The number of nitrogens with zero attached hydrogens (tertiary/aromatic N) is 3. The van der Waals surface area contributed by atoms with Crippen molar-refractivity contribution in [3.8, 4) is 0 Å². The number of nitro groups is 1. The van der Waals surface area contributed by atoms with Crippen LogP contribution < -0.4 is 10.6 Å². The molecule has 0 aliphatic heterocycles. The summed E-state index contributed by atoms with van der Waals surface area (Å²) in [6.45, 7) is 7.91. The molecule has 1 heterocycles. The maximum absolute atomic E-state index is 11.4. The van der Waals surface area contributed by atoms with E-state index in [0.717, 1.165) is 12.8 Å². The quantitative estimate of drug-likeness (QED) is 0.328. The maximum Gasteiger partial charge on any atom is 0.353 e. The van der Waals surface area contributed by atoms with Gasteiger partial charge >= 0.3 is 5.69 Å². The Morgan fingerprint density at radius 2 is 1.71 bits per heavy atom. The second kappa shape index (κ2) is 8.02. The fourth-order valence-electron chi connectivity index (χ4n) is 1.86. The first kappa shape index (κ1) is 17.5. The van der Waals surface area contributed by atoms with Crippen LogP contribution in [0.1, 0.15) is 40.5 Å². The zero-order valence-electron chi connectivity index (χ0n) is 13.1. The molecule has 0 atom stereocenters. The fraction of sp³-hybridized carbons (Fsp3) is 0.692. The summed E-state index contributed by atoms with van der Waals surface area (Å²) in [7, 11) is 0. The van der Waals surface area contributed by atoms with Crippen LogP contribution in [-0.2, 0) is 0 Å². The summed E-state index contributed by atoms with van der Waals surface area (Å²) in [5, 5.41) is 18.1. The van der Waals surface area contributed by atoms with Crippen molar-refractivity contribution in [3.05, 3.63) is 10.1 Å². The van der Waals surface area contributed by atoms with Gasteiger partial charge in [-0.05, 0) is 32.9 Å². The van der Waals surface area contributed by atoms with Crippen molar-refractivity contribution < 1.29 is 4.92 Å². The molecule has 0 aliphatic rings. The molecule has 0 saturated heterocycles. The van der Waals surface area contributed by atoms with Gasteiger partial charge in [-0.2, -0.15) is 9.97 Å². The van der Waals surface area contributed by atoms with Gasteiger partial charge < -0.3 is 10.6 Å². The average Bonchev–Trinajstić information content (AvgIpc) is 2.42. The molecule has 0 bridgehead atoms. The summed E-state index contributed by atoms with van der Waals surface area (Å²) in [5.74, 6) is 0.555. The van der Waals surface area contributed by atoms with Gasteiger partial charge in [-0.25, -0.2) is 0 Å². The van der Waals surface area contributed by atoms with Crippen LogP contribution in [0.15, 0.2) is 5.16 Å². The summed E-state index contributed by atoms with van der Waals surface area (Å²) in [6, 6.07) is 0.203. The van der Waals surface area contributed by atoms with Crippen LogP contribution >= 0.6 is 11.8 Å². The normalized spacial score (nSPS) is 11.0. The molecule has 1 aromatic heterocycles. The molecule has 2 N–H and O–H groups in total. The summed E-state index contributed by atoms with van der Waals surface area (Å²) in [6.07, 6.45) is 3.60. The number of hydrogen-bond acceptors (Lipinski definition) is 7. The number of hydrogen-bond donors (Lipinski definition) is 2. The number of thioether (sulfide) groups is 1. The second-order valence-electron chi connectivity index (χ2n) is 4.97. The van der Waals surface area contributed by atoms with Gasteiger partial charge in [0, 0.05) is 12.1 Å². The van der Waals surface area contributed by atoms with Crippen molar-refractivity contribution in [2.75, 3.05) is 16.9 Å². The van der Waals surface area contributed by atoms with E-state index in [-0.39, 0.29) is 29.4 Å². The molecule has 7 nitrogen and oxygen atoms in total. The van der Waals surface area contributed by atoms with Gasteiger partial charge in [-0.3, -0.25) is 10.1 Å². The lowest BCUT2D eigenvalue weighted by Crippen LogP contribution is -2.21. The van der Waals surface area contributed by atoms with Gasteiger partial charge in [0.1, 0.15) is 0 Å². The molecule has 0 spiro atoms. The monoisotopic (exact) mass is 313 g/mol. The summed E-state index contributed by atoms with van der Waals surface area (Å²) < 4.78 is 0. The Bertz CT molecular complexity index is 492. The van der Waals surface area contributed by atoms with Crippen molar-refractivity contribution in [2.24, 2.45) is 0 Å². The molecule has 0 amide bonds.